The molecule has 2 aliphatic rings. The van der Waals surface area contributed by atoms with Crippen LogP contribution in [0.5, 0.6) is 0 Å². The molecule has 2 N–H and O–H groups in total. The van der Waals surface area contributed by atoms with Crippen molar-refractivity contribution in [1.29, 1.82) is 0 Å². The van der Waals surface area contributed by atoms with E-state index in [-0.39, 0.29) is 6.10 Å². The largest absolute Gasteiger partial charge is 0.393 e. The topological polar surface area (TPSA) is 32.3 Å². The Bertz CT molecular complexity index is 172. The van der Waals surface area contributed by atoms with Gasteiger partial charge in [-0.05, 0) is 38.3 Å². The van der Waals surface area contributed by atoms with Gasteiger partial charge >= 0.3 is 0 Å². The van der Waals surface area contributed by atoms with Gasteiger partial charge in [0.05, 0.1) is 6.10 Å². The van der Waals surface area contributed by atoms with Gasteiger partial charge in [0, 0.05) is 0 Å². The lowest BCUT2D eigenvalue weighted by atomic mass is 9.77. The van der Waals surface area contributed by atoms with Crippen LogP contribution in [0.4, 0.5) is 0 Å². The van der Waals surface area contributed by atoms with E-state index in [0.29, 0.717) is 4.28 Å². The standard InChI is InChI=1S/C10H18NO.Al.2H/c12-10-3-1-8(2-4-10)9-5-6-11-7-9;;;/h9-12H,1-7H2;;;/t9-;;;/m0.../s1. The molecule has 2 rings (SSSR count). The summed E-state index contributed by atoms with van der Waals surface area (Å²) in [6, 6.07) is 0. The number of aliphatic hydroxyl groups is 1. The first-order chi connectivity index (χ1) is 6.21. The smallest absolute Gasteiger partial charge is 0.221 e. The van der Waals surface area contributed by atoms with E-state index in [9.17, 15) is 5.11 Å². The SMILES string of the molecule is OC1CC[C]([AlH2])([C@H]2CCNC2)CC1. The molecule has 1 aliphatic heterocycles. The zero-order chi connectivity index (χ0) is 9.31. The molecular weight excluding hydrogens is 177 g/mol. The Morgan fingerprint density at radius 3 is 2.46 bits per heavy atom. The number of nitrogens with one attached hydrogen (secondary N) is 1. The van der Waals surface area contributed by atoms with Crippen LogP contribution in [-0.2, 0) is 0 Å². The van der Waals surface area contributed by atoms with E-state index in [4.69, 9.17) is 0 Å². The number of hydrogen-bond acceptors (Lipinski definition) is 2. The van der Waals surface area contributed by atoms with Crippen LogP contribution in [0.1, 0.15) is 32.1 Å². The minimum atomic E-state index is 0.0106. The second-order valence-corrected chi connectivity index (χ2v) is 7.07. The molecule has 13 heavy (non-hydrogen) atoms. The Balaban J connectivity index is 1.95. The summed E-state index contributed by atoms with van der Waals surface area (Å²) in [6.45, 7) is 2.46. The summed E-state index contributed by atoms with van der Waals surface area (Å²) >= 11 is 1.31. The molecule has 1 aliphatic carbocycles. The summed E-state index contributed by atoms with van der Waals surface area (Å²) in [7, 11) is 0. The Morgan fingerprint density at radius 2 is 1.92 bits per heavy atom. The minimum absolute atomic E-state index is 0.0106. The lowest BCUT2D eigenvalue weighted by Crippen LogP contribution is -2.32. The molecule has 2 nitrogen and oxygen atoms in total. The maximum atomic E-state index is 9.48. The van der Waals surface area contributed by atoms with Crippen LogP contribution >= 0.6 is 0 Å². The van der Waals surface area contributed by atoms with Crippen LogP contribution in [-0.4, -0.2) is 40.6 Å². The van der Waals surface area contributed by atoms with Crippen molar-refractivity contribution in [2.75, 3.05) is 13.1 Å². The second kappa shape index (κ2) is 3.90. The van der Waals surface area contributed by atoms with Gasteiger partial charge in [0.1, 0.15) is 0 Å². The highest BCUT2D eigenvalue weighted by molar-refractivity contribution is 6.15. The summed E-state index contributed by atoms with van der Waals surface area (Å²) in [5, 5.41) is 12.9. The molecule has 0 bridgehead atoms. The summed E-state index contributed by atoms with van der Waals surface area (Å²) < 4.78 is 0.655. The fourth-order valence-corrected chi connectivity index (χ4v) is 3.99. The zero-order valence-corrected chi connectivity index (χ0v) is 10.6. The van der Waals surface area contributed by atoms with Crippen molar-refractivity contribution in [3.63, 3.8) is 0 Å². The summed E-state index contributed by atoms with van der Waals surface area (Å²) in [5.41, 5.74) is 0. The number of aliphatic hydroxyl groups excluding tert-OH is 1. The first-order valence-corrected chi connectivity index (χ1v) is 6.59. The predicted molar refractivity (Wildman–Crippen MR) is 56.7 cm³/mol. The van der Waals surface area contributed by atoms with E-state index in [1.54, 1.807) is 0 Å². The highest BCUT2D eigenvalue weighted by Crippen LogP contribution is 2.48. The Hall–Kier alpha value is 0.452. The van der Waals surface area contributed by atoms with Gasteiger partial charge in [0.2, 0.25) is 16.3 Å². The van der Waals surface area contributed by atoms with Crippen LogP contribution in [0.2, 0.25) is 4.28 Å². The van der Waals surface area contributed by atoms with Crippen LogP contribution in [0.15, 0.2) is 0 Å². The van der Waals surface area contributed by atoms with Gasteiger partial charge in [-0.3, -0.25) is 0 Å². The van der Waals surface area contributed by atoms with E-state index < -0.39 is 0 Å². The molecule has 1 saturated heterocycles. The lowest BCUT2D eigenvalue weighted by molar-refractivity contribution is 0.100. The van der Waals surface area contributed by atoms with Crippen LogP contribution in [0, 0.1) is 5.92 Å². The fraction of sp³-hybridized carbons (Fsp3) is 1.00. The van der Waals surface area contributed by atoms with Crippen molar-refractivity contribution < 1.29 is 5.11 Å². The quantitative estimate of drug-likeness (QED) is 0.593. The third-order valence-corrected chi connectivity index (χ3v) is 5.96. The van der Waals surface area contributed by atoms with E-state index in [1.165, 1.54) is 48.6 Å². The van der Waals surface area contributed by atoms with Gasteiger partial charge < -0.3 is 10.4 Å². The third kappa shape index (κ3) is 2.10. The normalized spacial score (nSPS) is 46.5. The maximum absolute atomic E-state index is 9.48. The third-order valence-electron chi connectivity index (χ3n) is 4.14. The van der Waals surface area contributed by atoms with Crippen molar-refractivity contribution in [3.05, 3.63) is 0 Å². The van der Waals surface area contributed by atoms with Crippen LogP contribution < -0.4 is 5.32 Å². The van der Waals surface area contributed by atoms with Crippen LogP contribution in [0.25, 0.3) is 0 Å². The molecule has 3 heteroatoms. The first kappa shape index (κ1) is 9.99. The maximum Gasteiger partial charge on any atom is 0.221 e. The minimum Gasteiger partial charge on any atom is -0.393 e. The van der Waals surface area contributed by atoms with Crippen molar-refractivity contribution >= 4 is 16.3 Å². The molecule has 2 fully saturated rings. The van der Waals surface area contributed by atoms with Gasteiger partial charge in [-0.2, -0.15) is 0 Å². The number of hydrogen-bond donors (Lipinski definition) is 2. The molecule has 0 unspecified atom stereocenters. The highest BCUT2D eigenvalue weighted by Gasteiger charge is 2.38. The molecule has 0 radical (unpaired) electrons. The van der Waals surface area contributed by atoms with Gasteiger partial charge in [0.15, 0.2) is 0 Å². The van der Waals surface area contributed by atoms with E-state index in [0.717, 1.165) is 18.8 Å². The molecule has 74 valence electrons. The highest BCUT2D eigenvalue weighted by atomic mass is 27.0. The van der Waals surface area contributed by atoms with Crippen molar-refractivity contribution in [3.8, 4) is 0 Å². The molecule has 0 aromatic carbocycles. The van der Waals surface area contributed by atoms with E-state index in [1.807, 2.05) is 0 Å². The zero-order valence-electron chi connectivity index (χ0n) is 8.55. The predicted octanol–water partition coefficient (Wildman–Crippen LogP) is 0.323. The van der Waals surface area contributed by atoms with Gasteiger partial charge in [-0.15, -0.1) is 0 Å². The Labute approximate surface area is 88.5 Å². The Kier molecular flexibility index (Phi) is 3.00. The molecule has 1 atom stereocenters. The molecular formula is C10H20AlNO. The summed E-state index contributed by atoms with van der Waals surface area (Å²) in [5.74, 6) is 0.923. The van der Waals surface area contributed by atoms with Crippen molar-refractivity contribution in [2.45, 2.75) is 42.5 Å². The van der Waals surface area contributed by atoms with Gasteiger partial charge in [0.25, 0.3) is 0 Å². The summed E-state index contributed by atoms with van der Waals surface area (Å²) in [4.78, 5) is 0. The van der Waals surface area contributed by atoms with E-state index >= 15 is 0 Å². The molecule has 0 aromatic rings. The molecule has 0 aromatic heterocycles. The molecule has 0 amide bonds. The summed E-state index contributed by atoms with van der Waals surface area (Å²) in [6.07, 6.45) is 6.07. The van der Waals surface area contributed by atoms with Gasteiger partial charge in [-0.1, -0.05) is 17.1 Å². The van der Waals surface area contributed by atoms with E-state index in [2.05, 4.69) is 5.32 Å². The van der Waals surface area contributed by atoms with Gasteiger partial charge in [-0.25, -0.2) is 0 Å². The number of rotatable bonds is 1. The average molecular weight is 197 g/mol. The Morgan fingerprint density at radius 1 is 1.23 bits per heavy atom. The molecule has 1 saturated carbocycles. The second-order valence-electron chi connectivity index (χ2n) is 5.07. The molecule has 1 heterocycles. The lowest BCUT2D eigenvalue weighted by Gasteiger charge is -2.40. The first-order valence-electron chi connectivity index (χ1n) is 5.59. The van der Waals surface area contributed by atoms with Crippen molar-refractivity contribution in [2.24, 2.45) is 5.92 Å². The average Bonchev–Trinajstić information content (AvgIpc) is 2.63. The van der Waals surface area contributed by atoms with Crippen molar-refractivity contribution in [1.82, 2.24) is 5.32 Å². The fourth-order valence-electron chi connectivity index (χ4n) is 2.92. The molecule has 0 spiro atoms. The monoisotopic (exact) mass is 197 g/mol. The van der Waals surface area contributed by atoms with Crippen LogP contribution in [0.3, 0.4) is 0 Å².